The van der Waals surface area contributed by atoms with Crippen LogP contribution in [0.25, 0.3) is 0 Å². The molecular formula is C14H14N2OS. The summed E-state index contributed by atoms with van der Waals surface area (Å²) in [4.78, 5) is 1.28. The van der Waals surface area contributed by atoms with Gasteiger partial charge in [0.25, 0.3) is 0 Å². The van der Waals surface area contributed by atoms with Crippen LogP contribution in [0.5, 0.6) is 0 Å². The third-order valence-electron chi connectivity index (χ3n) is 2.36. The monoisotopic (exact) mass is 258 g/mol. The van der Waals surface area contributed by atoms with Crippen molar-refractivity contribution in [2.24, 2.45) is 0 Å². The maximum Gasteiger partial charge on any atom is 0.203 e. The Morgan fingerprint density at radius 3 is 2.72 bits per heavy atom. The standard InChI is InChI=1S/C14H14N2OS/c15-10-12-6-7-13(17-12)11-16-8-9-18-14-4-2-1-3-5-14/h1-7,16H,8-9,11H2. The van der Waals surface area contributed by atoms with Crippen LogP contribution in [-0.2, 0) is 6.54 Å². The Balaban J connectivity index is 1.63. The molecule has 1 N–H and O–H groups in total. The van der Waals surface area contributed by atoms with Crippen LogP contribution in [0.2, 0.25) is 0 Å². The van der Waals surface area contributed by atoms with Crippen molar-refractivity contribution in [3.63, 3.8) is 0 Å². The van der Waals surface area contributed by atoms with Crippen LogP contribution in [0, 0.1) is 11.3 Å². The molecule has 3 nitrogen and oxygen atoms in total. The summed E-state index contributed by atoms with van der Waals surface area (Å²) < 4.78 is 5.27. The van der Waals surface area contributed by atoms with E-state index in [1.54, 1.807) is 6.07 Å². The SMILES string of the molecule is N#Cc1ccc(CNCCSc2ccccc2)o1. The van der Waals surface area contributed by atoms with E-state index >= 15 is 0 Å². The van der Waals surface area contributed by atoms with Crippen molar-refractivity contribution >= 4 is 11.8 Å². The molecule has 0 bridgehead atoms. The predicted molar refractivity (Wildman–Crippen MR) is 72.3 cm³/mol. The molecular weight excluding hydrogens is 244 g/mol. The summed E-state index contributed by atoms with van der Waals surface area (Å²) in [6.07, 6.45) is 0. The highest BCUT2D eigenvalue weighted by molar-refractivity contribution is 7.99. The molecule has 4 heteroatoms. The van der Waals surface area contributed by atoms with Crippen LogP contribution in [-0.4, -0.2) is 12.3 Å². The van der Waals surface area contributed by atoms with E-state index in [1.165, 1.54) is 4.90 Å². The molecule has 1 aromatic heterocycles. The van der Waals surface area contributed by atoms with E-state index in [1.807, 2.05) is 42.1 Å². The molecule has 18 heavy (non-hydrogen) atoms. The fourth-order valence-corrected chi connectivity index (χ4v) is 2.33. The minimum atomic E-state index is 0.366. The topological polar surface area (TPSA) is 49.0 Å². The molecule has 0 aliphatic rings. The highest BCUT2D eigenvalue weighted by Gasteiger charge is 2.00. The van der Waals surface area contributed by atoms with Crippen LogP contribution < -0.4 is 5.32 Å². The van der Waals surface area contributed by atoms with Gasteiger partial charge < -0.3 is 9.73 Å². The summed E-state index contributed by atoms with van der Waals surface area (Å²) in [7, 11) is 0. The second kappa shape index (κ2) is 6.90. The Morgan fingerprint density at radius 2 is 2.00 bits per heavy atom. The fourth-order valence-electron chi connectivity index (χ4n) is 1.50. The number of hydrogen-bond acceptors (Lipinski definition) is 4. The summed E-state index contributed by atoms with van der Waals surface area (Å²) in [6, 6.07) is 15.8. The molecule has 0 radical (unpaired) electrons. The Labute approximate surface area is 111 Å². The first kappa shape index (κ1) is 12.7. The lowest BCUT2D eigenvalue weighted by atomic mass is 10.4. The quantitative estimate of drug-likeness (QED) is 0.639. The van der Waals surface area contributed by atoms with Crippen LogP contribution in [0.3, 0.4) is 0 Å². The van der Waals surface area contributed by atoms with E-state index in [9.17, 15) is 0 Å². The van der Waals surface area contributed by atoms with Crippen molar-refractivity contribution in [2.75, 3.05) is 12.3 Å². The fraction of sp³-hybridized carbons (Fsp3) is 0.214. The molecule has 2 rings (SSSR count). The van der Waals surface area contributed by atoms with Gasteiger partial charge in [-0.05, 0) is 24.3 Å². The molecule has 0 amide bonds. The van der Waals surface area contributed by atoms with Gasteiger partial charge in [0.1, 0.15) is 11.8 Å². The zero-order chi connectivity index (χ0) is 12.6. The maximum absolute atomic E-state index is 8.62. The lowest BCUT2D eigenvalue weighted by Gasteiger charge is -2.02. The number of nitrogens with zero attached hydrogens (tertiary/aromatic N) is 1. The summed E-state index contributed by atoms with van der Waals surface area (Å²) in [5.74, 6) is 2.18. The van der Waals surface area contributed by atoms with Crippen molar-refractivity contribution in [3.8, 4) is 6.07 Å². The maximum atomic E-state index is 8.62. The lowest BCUT2D eigenvalue weighted by Crippen LogP contribution is -2.15. The third-order valence-corrected chi connectivity index (χ3v) is 3.38. The van der Waals surface area contributed by atoms with Crippen molar-refractivity contribution in [3.05, 3.63) is 54.0 Å². The number of thioether (sulfide) groups is 1. The van der Waals surface area contributed by atoms with E-state index in [4.69, 9.17) is 9.68 Å². The Hall–Kier alpha value is -1.70. The molecule has 0 unspecified atom stereocenters. The van der Waals surface area contributed by atoms with Gasteiger partial charge in [-0.25, -0.2) is 0 Å². The molecule has 1 heterocycles. The first-order valence-corrected chi connectivity index (χ1v) is 6.74. The molecule has 0 saturated heterocycles. The summed E-state index contributed by atoms with van der Waals surface area (Å²) in [5.41, 5.74) is 0. The van der Waals surface area contributed by atoms with Crippen molar-refractivity contribution in [2.45, 2.75) is 11.4 Å². The molecule has 0 aliphatic heterocycles. The summed E-state index contributed by atoms with van der Waals surface area (Å²) in [6.45, 7) is 1.57. The number of rotatable bonds is 6. The minimum absolute atomic E-state index is 0.366. The van der Waals surface area contributed by atoms with Crippen LogP contribution in [0.1, 0.15) is 11.5 Å². The predicted octanol–water partition coefficient (Wildman–Crippen LogP) is 3.03. The van der Waals surface area contributed by atoms with Crippen molar-refractivity contribution < 1.29 is 4.42 Å². The van der Waals surface area contributed by atoms with E-state index in [2.05, 4.69) is 17.4 Å². The molecule has 0 spiro atoms. The van der Waals surface area contributed by atoms with Crippen LogP contribution >= 0.6 is 11.8 Å². The van der Waals surface area contributed by atoms with E-state index in [-0.39, 0.29) is 0 Å². The van der Waals surface area contributed by atoms with E-state index in [0.29, 0.717) is 12.3 Å². The molecule has 0 atom stereocenters. The molecule has 0 saturated carbocycles. The zero-order valence-electron chi connectivity index (χ0n) is 9.93. The smallest absolute Gasteiger partial charge is 0.203 e. The first-order valence-electron chi connectivity index (χ1n) is 5.76. The van der Waals surface area contributed by atoms with Gasteiger partial charge in [-0.3, -0.25) is 0 Å². The zero-order valence-corrected chi connectivity index (χ0v) is 10.7. The number of benzene rings is 1. The minimum Gasteiger partial charge on any atom is -0.449 e. The van der Waals surface area contributed by atoms with Crippen molar-refractivity contribution in [1.82, 2.24) is 5.32 Å². The summed E-state index contributed by atoms with van der Waals surface area (Å²) >= 11 is 1.82. The Kier molecular flexibility index (Phi) is 4.88. The van der Waals surface area contributed by atoms with Gasteiger partial charge in [-0.1, -0.05) is 18.2 Å². The average molecular weight is 258 g/mol. The second-order valence-electron chi connectivity index (χ2n) is 3.72. The molecule has 2 aromatic rings. The highest BCUT2D eigenvalue weighted by atomic mass is 32.2. The van der Waals surface area contributed by atoms with Crippen LogP contribution in [0.4, 0.5) is 0 Å². The molecule has 0 aliphatic carbocycles. The van der Waals surface area contributed by atoms with Gasteiger partial charge in [0.2, 0.25) is 5.76 Å². The summed E-state index contributed by atoms with van der Waals surface area (Å²) in [5, 5.41) is 11.9. The number of furan rings is 1. The van der Waals surface area contributed by atoms with Gasteiger partial charge in [0.15, 0.2) is 0 Å². The third kappa shape index (κ3) is 3.95. The molecule has 1 aromatic carbocycles. The van der Waals surface area contributed by atoms with Gasteiger partial charge in [-0.15, -0.1) is 11.8 Å². The number of hydrogen-bond donors (Lipinski definition) is 1. The molecule has 92 valence electrons. The van der Waals surface area contributed by atoms with Gasteiger partial charge in [0.05, 0.1) is 6.54 Å². The van der Waals surface area contributed by atoms with E-state index < -0.39 is 0 Å². The molecule has 0 fully saturated rings. The Bertz CT molecular complexity index is 516. The van der Waals surface area contributed by atoms with Gasteiger partial charge in [0, 0.05) is 17.2 Å². The second-order valence-corrected chi connectivity index (χ2v) is 4.88. The highest BCUT2D eigenvalue weighted by Crippen LogP contribution is 2.15. The van der Waals surface area contributed by atoms with E-state index in [0.717, 1.165) is 18.1 Å². The average Bonchev–Trinajstić information content (AvgIpc) is 2.87. The largest absolute Gasteiger partial charge is 0.449 e. The van der Waals surface area contributed by atoms with Crippen molar-refractivity contribution in [1.29, 1.82) is 5.26 Å². The Morgan fingerprint density at radius 1 is 1.17 bits per heavy atom. The first-order chi connectivity index (χ1) is 8.88. The van der Waals surface area contributed by atoms with Gasteiger partial charge >= 0.3 is 0 Å². The lowest BCUT2D eigenvalue weighted by molar-refractivity contribution is 0.478. The number of nitriles is 1. The van der Waals surface area contributed by atoms with Gasteiger partial charge in [-0.2, -0.15) is 5.26 Å². The normalized spacial score (nSPS) is 10.2. The van der Waals surface area contributed by atoms with Crippen LogP contribution in [0.15, 0.2) is 51.8 Å². The number of nitrogens with one attached hydrogen (secondary N) is 1.